The molecule has 0 radical (unpaired) electrons. The third-order valence-corrected chi connectivity index (χ3v) is 8.13. The van der Waals surface area contributed by atoms with Gasteiger partial charge < -0.3 is 29.7 Å². The first-order valence-corrected chi connectivity index (χ1v) is 14.0. The maximum absolute atomic E-state index is 14.2. The Balaban J connectivity index is 1.53. The minimum Gasteiger partial charge on any atom is -0.493 e. The number of likely N-dealkylation sites (tertiary alicyclic amines) is 1. The van der Waals surface area contributed by atoms with Gasteiger partial charge in [-0.3, -0.25) is 14.5 Å². The van der Waals surface area contributed by atoms with Crippen LogP contribution in [-0.4, -0.2) is 60.0 Å². The molecular weight excluding hydrogens is 559 g/mol. The van der Waals surface area contributed by atoms with Crippen LogP contribution in [-0.2, 0) is 22.4 Å². The normalized spacial score (nSPS) is 19.3. The maximum Gasteiger partial charge on any atom is 0.335 e. The number of anilines is 1. The summed E-state index contributed by atoms with van der Waals surface area (Å²) in [7, 11) is 1.48. The molecule has 3 N–H and O–H groups in total. The van der Waals surface area contributed by atoms with Gasteiger partial charge in [-0.05, 0) is 71.5 Å². The van der Waals surface area contributed by atoms with Crippen molar-refractivity contribution in [2.75, 3.05) is 32.3 Å². The Morgan fingerprint density at radius 2 is 1.67 bits per heavy atom. The van der Waals surface area contributed by atoms with Gasteiger partial charge in [0, 0.05) is 24.2 Å². The topological polar surface area (TPSA) is 135 Å². The van der Waals surface area contributed by atoms with E-state index in [0.717, 1.165) is 0 Å². The number of nitrogens with one attached hydrogen (secondary N) is 1. The van der Waals surface area contributed by atoms with Crippen molar-refractivity contribution in [3.8, 4) is 17.2 Å². The van der Waals surface area contributed by atoms with Crippen molar-refractivity contribution >= 4 is 23.5 Å². The van der Waals surface area contributed by atoms with E-state index in [1.54, 1.807) is 29.2 Å². The van der Waals surface area contributed by atoms with Crippen molar-refractivity contribution in [3.05, 3.63) is 82.2 Å². The summed E-state index contributed by atoms with van der Waals surface area (Å²) in [4.78, 5) is 39.7. The monoisotopic (exact) mass is 592 g/mol. The number of methoxy groups -OCH3 is 1. The second-order valence-electron chi connectivity index (χ2n) is 10.6. The van der Waals surface area contributed by atoms with E-state index in [1.807, 2.05) is 13.8 Å². The number of carbonyl (C=O) groups is 3. The number of hydrogen-bond acceptors (Lipinski definition) is 7. The van der Waals surface area contributed by atoms with Gasteiger partial charge in [-0.15, -0.1) is 0 Å². The number of fused-ring (bicyclic) bond motifs is 1. The standard InChI is InChI=1S/C32H33FN2O8/c1-4-17-10-22(33)11-18(5-2)28(17)34-26(36)15-35-14-23(21-12-24(41-3)30-25(13-21)42-16-43-30)27(32(39)40)29(35)19-6-8-20(9-7-19)31(37)38/h6-13,23,27,29H,4-5,14-16H2,1-3H3,(H,34,36)(H,37,38)(H,39,40)/t23-,27?,29+/m1/s1. The number of aliphatic carboxylic acids is 1. The van der Waals surface area contributed by atoms with E-state index in [-0.39, 0.29) is 37.2 Å². The lowest BCUT2D eigenvalue weighted by molar-refractivity contribution is -0.143. The van der Waals surface area contributed by atoms with E-state index in [9.17, 15) is 29.0 Å². The Hall–Kier alpha value is -4.64. The van der Waals surface area contributed by atoms with E-state index in [2.05, 4.69) is 5.32 Å². The van der Waals surface area contributed by atoms with Gasteiger partial charge in [0.05, 0.1) is 25.1 Å². The molecule has 2 heterocycles. The van der Waals surface area contributed by atoms with Gasteiger partial charge in [0.15, 0.2) is 11.5 Å². The molecule has 43 heavy (non-hydrogen) atoms. The number of aromatic carboxylic acids is 1. The van der Waals surface area contributed by atoms with Gasteiger partial charge in [0.25, 0.3) is 0 Å². The number of hydrogen-bond donors (Lipinski definition) is 3. The second-order valence-corrected chi connectivity index (χ2v) is 10.6. The molecule has 1 saturated heterocycles. The smallest absolute Gasteiger partial charge is 0.335 e. The minimum atomic E-state index is -1.10. The predicted molar refractivity (Wildman–Crippen MR) is 154 cm³/mol. The predicted octanol–water partition coefficient (Wildman–Crippen LogP) is 4.87. The molecule has 5 rings (SSSR count). The first kappa shape index (κ1) is 29.8. The molecule has 2 aliphatic rings. The van der Waals surface area contributed by atoms with Crippen LogP contribution in [0.15, 0.2) is 48.5 Å². The van der Waals surface area contributed by atoms with E-state index < -0.39 is 29.8 Å². The number of halogens is 1. The summed E-state index contributed by atoms with van der Waals surface area (Å²) in [6.07, 6.45) is 1.02. The summed E-state index contributed by atoms with van der Waals surface area (Å²) in [6.45, 7) is 3.81. The van der Waals surface area contributed by atoms with Crippen molar-refractivity contribution in [1.29, 1.82) is 0 Å². The van der Waals surface area contributed by atoms with E-state index in [4.69, 9.17) is 14.2 Å². The molecule has 0 saturated carbocycles. The average Bonchev–Trinajstić information content (AvgIpc) is 3.62. The number of carboxylic acids is 2. The lowest BCUT2D eigenvalue weighted by Crippen LogP contribution is -2.35. The number of amides is 1. The van der Waals surface area contributed by atoms with Crippen LogP contribution in [0.5, 0.6) is 17.2 Å². The largest absolute Gasteiger partial charge is 0.493 e. The van der Waals surface area contributed by atoms with Gasteiger partial charge in [0.1, 0.15) is 5.82 Å². The highest BCUT2D eigenvalue weighted by Crippen LogP contribution is 2.50. The SMILES string of the molecule is CCc1cc(F)cc(CC)c1NC(=O)CN1C[C@H](c2cc(OC)c3c(c2)OCO3)C(C(=O)O)[C@@H]1c1ccc(C(=O)O)cc1. The molecule has 0 bridgehead atoms. The summed E-state index contributed by atoms with van der Waals surface area (Å²) in [6, 6.07) is 11.5. The number of aryl methyl sites for hydroxylation is 2. The molecule has 1 fully saturated rings. The Bertz CT molecular complexity index is 1530. The lowest BCUT2D eigenvalue weighted by atomic mass is 9.82. The fourth-order valence-electron chi connectivity index (χ4n) is 6.12. The van der Waals surface area contributed by atoms with Gasteiger partial charge >= 0.3 is 11.9 Å². The molecule has 3 aromatic carbocycles. The zero-order valence-electron chi connectivity index (χ0n) is 24.1. The molecular formula is C32H33FN2O8. The summed E-state index contributed by atoms with van der Waals surface area (Å²) in [5.41, 5.74) is 3.16. The number of carboxylic acid groups (broad SMARTS) is 2. The summed E-state index contributed by atoms with van der Waals surface area (Å²) in [5, 5.41) is 22.9. The van der Waals surface area contributed by atoms with Crippen LogP contribution in [0.2, 0.25) is 0 Å². The molecule has 2 aliphatic heterocycles. The molecule has 10 nitrogen and oxygen atoms in total. The van der Waals surface area contributed by atoms with E-state index >= 15 is 0 Å². The van der Waals surface area contributed by atoms with Crippen LogP contribution in [0.25, 0.3) is 0 Å². The quantitative estimate of drug-likeness (QED) is 0.302. The van der Waals surface area contributed by atoms with Crippen LogP contribution in [0.4, 0.5) is 10.1 Å². The van der Waals surface area contributed by atoms with Crippen molar-refractivity contribution in [3.63, 3.8) is 0 Å². The maximum atomic E-state index is 14.2. The Kier molecular flexibility index (Phi) is 8.54. The zero-order valence-corrected chi connectivity index (χ0v) is 24.1. The molecule has 0 aliphatic carbocycles. The van der Waals surface area contributed by atoms with Gasteiger partial charge in [-0.1, -0.05) is 26.0 Å². The summed E-state index contributed by atoms with van der Waals surface area (Å²) < 4.78 is 30.8. The molecule has 1 amide bonds. The first-order chi connectivity index (χ1) is 20.6. The molecule has 3 atom stereocenters. The molecule has 0 spiro atoms. The Morgan fingerprint density at radius 3 is 2.26 bits per heavy atom. The molecule has 1 unspecified atom stereocenters. The van der Waals surface area contributed by atoms with Crippen LogP contribution in [0.3, 0.4) is 0 Å². The number of rotatable bonds is 10. The zero-order chi connectivity index (χ0) is 30.8. The van der Waals surface area contributed by atoms with Crippen LogP contribution in [0.1, 0.15) is 58.4 Å². The fourth-order valence-corrected chi connectivity index (χ4v) is 6.12. The van der Waals surface area contributed by atoms with Crippen LogP contribution < -0.4 is 19.5 Å². The molecule has 0 aromatic heterocycles. The Morgan fingerprint density at radius 1 is 1.00 bits per heavy atom. The lowest BCUT2D eigenvalue weighted by Gasteiger charge is -2.27. The number of ether oxygens (including phenoxy) is 3. The van der Waals surface area contributed by atoms with Crippen LogP contribution in [0, 0.1) is 11.7 Å². The van der Waals surface area contributed by atoms with E-state index in [0.29, 0.717) is 58.0 Å². The number of carbonyl (C=O) groups excluding carboxylic acids is 1. The van der Waals surface area contributed by atoms with Gasteiger partial charge in [-0.2, -0.15) is 0 Å². The Labute approximate surface area is 248 Å². The number of nitrogens with zero attached hydrogens (tertiary/aromatic N) is 1. The second kappa shape index (κ2) is 12.3. The van der Waals surface area contributed by atoms with Gasteiger partial charge in [0.2, 0.25) is 18.4 Å². The van der Waals surface area contributed by atoms with Gasteiger partial charge in [-0.25, -0.2) is 9.18 Å². The third-order valence-electron chi connectivity index (χ3n) is 8.13. The fraction of sp³-hybridized carbons (Fsp3) is 0.344. The highest BCUT2D eigenvalue weighted by atomic mass is 19.1. The van der Waals surface area contributed by atoms with Crippen molar-refractivity contribution in [1.82, 2.24) is 4.90 Å². The first-order valence-electron chi connectivity index (χ1n) is 14.0. The molecule has 226 valence electrons. The third kappa shape index (κ3) is 5.85. The van der Waals surface area contributed by atoms with Crippen molar-refractivity contribution < 1.29 is 43.2 Å². The highest BCUT2D eigenvalue weighted by molar-refractivity contribution is 5.94. The summed E-state index contributed by atoms with van der Waals surface area (Å²) in [5.74, 6) is -3.23. The molecule has 3 aromatic rings. The van der Waals surface area contributed by atoms with E-state index in [1.165, 1.54) is 31.4 Å². The highest BCUT2D eigenvalue weighted by Gasteiger charge is 2.48. The average molecular weight is 593 g/mol. The van der Waals surface area contributed by atoms with Crippen molar-refractivity contribution in [2.24, 2.45) is 5.92 Å². The minimum absolute atomic E-state index is 0.00982. The summed E-state index contributed by atoms with van der Waals surface area (Å²) >= 11 is 0. The van der Waals surface area contributed by atoms with Crippen molar-refractivity contribution in [2.45, 2.75) is 38.6 Å². The molecule has 11 heteroatoms. The number of benzene rings is 3. The van der Waals surface area contributed by atoms with Crippen LogP contribution >= 0.6 is 0 Å².